The molecule has 0 unspecified atom stereocenters. The molecule has 11 aromatic carbocycles. The SMILES string of the molecule is CC1(C)c2ccccc2-c2ccc(-c3ccccc3N(c3ccccc3-c3cccc4cccc(-c5ccccc5)c34)c3ccccc3-c3cccc4c5ccccc5n(-c5ccccc5)c34)cc21. The molecular formula is C67H48N2. The Morgan fingerprint density at radius 1 is 0.333 bits per heavy atom. The predicted molar refractivity (Wildman–Crippen MR) is 292 cm³/mol. The van der Waals surface area contributed by atoms with Gasteiger partial charge in [-0.2, -0.15) is 0 Å². The van der Waals surface area contributed by atoms with E-state index in [9.17, 15) is 0 Å². The Morgan fingerprint density at radius 2 is 0.841 bits per heavy atom. The van der Waals surface area contributed by atoms with Crippen molar-refractivity contribution in [1.82, 2.24) is 4.57 Å². The van der Waals surface area contributed by atoms with E-state index in [4.69, 9.17) is 0 Å². The zero-order valence-electron chi connectivity index (χ0n) is 38.6. The Hall–Kier alpha value is -8.72. The van der Waals surface area contributed by atoms with Crippen molar-refractivity contribution in [3.63, 3.8) is 0 Å². The fourth-order valence-corrected chi connectivity index (χ4v) is 11.5. The second-order valence-corrected chi connectivity index (χ2v) is 18.8. The van der Waals surface area contributed by atoms with E-state index in [2.05, 4.69) is 278 Å². The van der Waals surface area contributed by atoms with Gasteiger partial charge in [-0.05, 0) is 97.7 Å². The quantitative estimate of drug-likeness (QED) is 0.148. The maximum absolute atomic E-state index is 2.55. The first-order chi connectivity index (χ1) is 34.0. The first kappa shape index (κ1) is 40.5. The standard InChI is InChI=1S/C67H48N2/c1-67(2)59-37-14-9-29-51(59)52-43-42-47(44-60(52)67)49-28-10-15-38-61(49)69(63-40-17-11-30-53(63)56-34-20-25-46-24-19-33-50(65(46)56)45-22-5-3-6-23-45)64-41-18-13-32-55(64)58-36-21-35-57-54-31-12-16-39-62(54)68(66(57)58)48-26-7-4-8-27-48/h3-44H,1-2H3. The van der Waals surface area contributed by atoms with E-state index in [1.54, 1.807) is 0 Å². The molecule has 13 rings (SSSR count). The van der Waals surface area contributed by atoms with E-state index in [1.807, 2.05) is 0 Å². The van der Waals surface area contributed by atoms with Crippen LogP contribution in [0, 0.1) is 0 Å². The molecule has 0 atom stereocenters. The summed E-state index contributed by atoms with van der Waals surface area (Å²) in [6.45, 7) is 4.74. The molecule has 0 saturated carbocycles. The average molecular weight is 881 g/mol. The molecule has 1 heterocycles. The van der Waals surface area contributed by atoms with Crippen LogP contribution >= 0.6 is 0 Å². The van der Waals surface area contributed by atoms with Gasteiger partial charge in [0, 0.05) is 44.1 Å². The minimum Gasteiger partial charge on any atom is -0.309 e. The second kappa shape index (κ2) is 16.3. The second-order valence-electron chi connectivity index (χ2n) is 18.8. The van der Waals surface area contributed by atoms with Crippen LogP contribution in [0.15, 0.2) is 255 Å². The molecule has 1 aliphatic rings. The monoisotopic (exact) mass is 880 g/mol. The molecule has 0 amide bonds. The average Bonchev–Trinajstić information content (AvgIpc) is 3.87. The van der Waals surface area contributed by atoms with Crippen LogP contribution in [0.3, 0.4) is 0 Å². The third-order valence-corrected chi connectivity index (χ3v) is 14.6. The Bertz CT molecular complexity index is 3930. The van der Waals surface area contributed by atoms with Crippen LogP contribution in [-0.2, 0) is 5.41 Å². The number of hydrogen-bond donors (Lipinski definition) is 0. The van der Waals surface area contributed by atoms with Gasteiger partial charge in [-0.15, -0.1) is 0 Å². The lowest BCUT2D eigenvalue weighted by molar-refractivity contribution is 0.660. The zero-order chi connectivity index (χ0) is 46.1. The van der Waals surface area contributed by atoms with Crippen LogP contribution in [0.2, 0.25) is 0 Å². The van der Waals surface area contributed by atoms with E-state index in [0.29, 0.717) is 0 Å². The van der Waals surface area contributed by atoms with Crippen molar-refractivity contribution in [1.29, 1.82) is 0 Å². The van der Waals surface area contributed by atoms with Crippen LogP contribution in [-0.4, -0.2) is 4.57 Å². The molecule has 0 fully saturated rings. The number of nitrogens with zero attached hydrogens (tertiary/aromatic N) is 2. The van der Waals surface area contributed by atoms with E-state index >= 15 is 0 Å². The summed E-state index contributed by atoms with van der Waals surface area (Å²) in [4.78, 5) is 2.55. The first-order valence-electron chi connectivity index (χ1n) is 24.0. The summed E-state index contributed by atoms with van der Waals surface area (Å²) in [7, 11) is 0. The largest absolute Gasteiger partial charge is 0.309 e. The number of fused-ring (bicyclic) bond motifs is 7. The van der Waals surface area contributed by atoms with Gasteiger partial charge in [-0.25, -0.2) is 0 Å². The van der Waals surface area contributed by atoms with Gasteiger partial charge in [0.05, 0.1) is 28.1 Å². The van der Waals surface area contributed by atoms with E-state index in [0.717, 1.165) is 45.0 Å². The van der Waals surface area contributed by atoms with E-state index in [-0.39, 0.29) is 5.41 Å². The Labute approximate surface area is 403 Å². The molecule has 2 nitrogen and oxygen atoms in total. The van der Waals surface area contributed by atoms with Gasteiger partial charge in [0.2, 0.25) is 0 Å². The molecule has 1 aromatic heterocycles. The van der Waals surface area contributed by atoms with Gasteiger partial charge in [0.1, 0.15) is 0 Å². The van der Waals surface area contributed by atoms with Gasteiger partial charge < -0.3 is 9.47 Å². The minimum atomic E-state index is -0.142. The minimum absolute atomic E-state index is 0.142. The van der Waals surface area contributed by atoms with E-state index in [1.165, 1.54) is 77.1 Å². The highest BCUT2D eigenvalue weighted by Gasteiger charge is 2.36. The molecule has 0 saturated heterocycles. The van der Waals surface area contributed by atoms with E-state index < -0.39 is 0 Å². The molecule has 2 heteroatoms. The number of rotatable bonds is 8. The molecule has 0 bridgehead atoms. The third kappa shape index (κ3) is 6.48. The first-order valence-corrected chi connectivity index (χ1v) is 24.0. The molecule has 1 aliphatic carbocycles. The summed E-state index contributed by atoms with van der Waals surface area (Å²) in [5.74, 6) is 0. The van der Waals surface area contributed by atoms with Crippen molar-refractivity contribution < 1.29 is 0 Å². The number of hydrogen-bond acceptors (Lipinski definition) is 1. The van der Waals surface area contributed by atoms with Gasteiger partial charge in [-0.1, -0.05) is 226 Å². The smallest absolute Gasteiger partial charge is 0.0620 e. The summed E-state index contributed by atoms with van der Waals surface area (Å²) < 4.78 is 2.45. The van der Waals surface area contributed by atoms with Gasteiger partial charge in [0.15, 0.2) is 0 Å². The number of anilines is 3. The number of aromatic nitrogens is 1. The summed E-state index contributed by atoms with van der Waals surface area (Å²) in [6, 6.07) is 93.9. The Balaban J connectivity index is 1.10. The highest BCUT2D eigenvalue weighted by molar-refractivity contribution is 6.15. The molecular weight excluding hydrogens is 833 g/mol. The Kier molecular flexibility index (Phi) is 9.55. The number of benzene rings is 11. The fraction of sp³-hybridized carbons (Fsp3) is 0.0448. The zero-order valence-corrected chi connectivity index (χ0v) is 38.6. The van der Waals surface area contributed by atoms with Crippen LogP contribution < -0.4 is 4.90 Å². The van der Waals surface area contributed by atoms with Crippen LogP contribution in [0.1, 0.15) is 25.0 Å². The van der Waals surface area contributed by atoms with Gasteiger partial charge in [0.25, 0.3) is 0 Å². The topological polar surface area (TPSA) is 8.17 Å². The number of para-hydroxylation sites is 6. The lowest BCUT2D eigenvalue weighted by Crippen LogP contribution is -2.15. The lowest BCUT2D eigenvalue weighted by atomic mass is 9.81. The van der Waals surface area contributed by atoms with Crippen molar-refractivity contribution in [2.45, 2.75) is 19.3 Å². The summed E-state index contributed by atoms with van der Waals surface area (Å²) in [5.41, 5.74) is 21.4. The van der Waals surface area contributed by atoms with Crippen molar-refractivity contribution in [2.24, 2.45) is 0 Å². The summed E-state index contributed by atoms with van der Waals surface area (Å²) in [5, 5.41) is 4.89. The molecule has 12 aromatic rings. The molecule has 0 radical (unpaired) electrons. The molecule has 0 N–H and O–H groups in total. The summed E-state index contributed by atoms with van der Waals surface area (Å²) in [6.07, 6.45) is 0. The van der Waals surface area contributed by atoms with Crippen molar-refractivity contribution in [2.75, 3.05) is 4.90 Å². The molecule has 0 aliphatic heterocycles. The maximum atomic E-state index is 2.55. The Morgan fingerprint density at radius 3 is 1.58 bits per heavy atom. The van der Waals surface area contributed by atoms with Gasteiger partial charge >= 0.3 is 0 Å². The molecule has 69 heavy (non-hydrogen) atoms. The van der Waals surface area contributed by atoms with Crippen LogP contribution in [0.4, 0.5) is 17.1 Å². The fourth-order valence-electron chi connectivity index (χ4n) is 11.5. The summed E-state index contributed by atoms with van der Waals surface area (Å²) >= 11 is 0. The normalized spacial score (nSPS) is 12.6. The van der Waals surface area contributed by atoms with Crippen molar-refractivity contribution in [3.8, 4) is 61.3 Å². The molecule has 0 spiro atoms. The van der Waals surface area contributed by atoms with Crippen molar-refractivity contribution >= 4 is 49.6 Å². The maximum Gasteiger partial charge on any atom is 0.0620 e. The van der Waals surface area contributed by atoms with Crippen LogP contribution in [0.25, 0.3) is 93.9 Å². The lowest BCUT2D eigenvalue weighted by Gasteiger charge is -2.32. The third-order valence-electron chi connectivity index (χ3n) is 14.6. The van der Waals surface area contributed by atoms with Crippen LogP contribution in [0.5, 0.6) is 0 Å². The predicted octanol–water partition coefficient (Wildman–Crippen LogP) is 18.4. The van der Waals surface area contributed by atoms with Gasteiger partial charge in [-0.3, -0.25) is 0 Å². The highest BCUT2D eigenvalue weighted by Crippen LogP contribution is 2.53. The molecule has 326 valence electrons. The highest BCUT2D eigenvalue weighted by atomic mass is 15.2. The van der Waals surface area contributed by atoms with Crippen molar-refractivity contribution in [3.05, 3.63) is 266 Å².